The maximum Gasteiger partial charge on any atom is 0.137 e. The van der Waals surface area contributed by atoms with Crippen LogP contribution in [0.1, 0.15) is 20.8 Å². The Morgan fingerprint density at radius 1 is 1.19 bits per heavy atom. The van der Waals surface area contributed by atoms with Crippen molar-refractivity contribution < 1.29 is 0 Å². The van der Waals surface area contributed by atoms with Crippen LogP contribution in [0.2, 0.25) is 5.02 Å². The average Bonchev–Trinajstić information content (AvgIpc) is 2.15. The molecule has 0 fully saturated rings. The molecule has 0 bridgehead atoms. The van der Waals surface area contributed by atoms with Crippen molar-refractivity contribution in [3.63, 3.8) is 0 Å². The summed E-state index contributed by atoms with van der Waals surface area (Å²) in [6, 6.07) is 5.62. The minimum atomic E-state index is -0.0269. The Morgan fingerprint density at radius 3 is 2.62 bits per heavy atom. The fourth-order valence-electron chi connectivity index (χ4n) is 1.49. The topological polar surface area (TPSA) is 37.8 Å². The zero-order valence-electron chi connectivity index (χ0n) is 9.58. The lowest BCUT2D eigenvalue weighted by molar-refractivity contribution is 0.631. The molecule has 0 spiro atoms. The minimum Gasteiger partial charge on any atom is -0.365 e. The quantitative estimate of drug-likeness (QED) is 0.822. The molecule has 0 saturated carbocycles. The second kappa shape index (κ2) is 3.91. The second-order valence-corrected chi connectivity index (χ2v) is 5.20. The van der Waals surface area contributed by atoms with Crippen LogP contribution >= 0.6 is 11.6 Å². The Bertz CT molecular complexity index is 517. The molecule has 84 valence electrons. The van der Waals surface area contributed by atoms with Gasteiger partial charge in [-0.3, -0.25) is 0 Å². The third-order valence-electron chi connectivity index (χ3n) is 2.09. The van der Waals surface area contributed by atoms with Crippen LogP contribution < -0.4 is 5.32 Å². The van der Waals surface area contributed by atoms with Crippen molar-refractivity contribution >= 4 is 28.3 Å². The number of hydrogen-bond donors (Lipinski definition) is 1. The number of halogens is 1. The van der Waals surface area contributed by atoms with Gasteiger partial charge < -0.3 is 5.32 Å². The molecule has 0 aliphatic rings. The van der Waals surface area contributed by atoms with E-state index in [1.807, 2.05) is 18.2 Å². The van der Waals surface area contributed by atoms with Gasteiger partial charge in [-0.2, -0.15) is 0 Å². The molecule has 3 nitrogen and oxygen atoms in total. The van der Waals surface area contributed by atoms with Crippen LogP contribution in [0.15, 0.2) is 24.5 Å². The summed E-state index contributed by atoms with van der Waals surface area (Å²) >= 11 is 5.92. The average molecular weight is 236 g/mol. The highest BCUT2D eigenvalue weighted by molar-refractivity contribution is 6.31. The van der Waals surface area contributed by atoms with Gasteiger partial charge in [0, 0.05) is 15.9 Å². The highest BCUT2D eigenvalue weighted by Gasteiger charge is 2.12. The molecule has 2 rings (SSSR count). The van der Waals surface area contributed by atoms with Gasteiger partial charge in [-0.25, -0.2) is 9.97 Å². The number of hydrogen-bond acceptors (Lipinski definition) is 3. The number of rotatable bonds is 1. The van der Waals surface area contributed by atoms with Crippen LogP contribution in [-0.2, 0) is 0 Å². The predicted octanol–water partition coefficient (Wildman–Crippen LogP) is 3.49. The van der Waals surface area contributed by atoms with E-state index in [0.29, 0.717) is 5.02 Å². The summed E-state index contributed by atoms with van der Waals surface area (Å²) in [5.41, 5.74) is 0.829. The van der Waals surface area contributed by atoms with Gasteiger partial charge in [-0.1, -0.05) is 11.6 Å². The third-order valence-corrected chi connectivity index (χ3v) is 2.33. The van der Waals surface area contributed by atoms with Gasteiger partial charge >= 0.3 is 0 Å². The van der Waals surface area contributed by atoms with Crippen molar-refractivity contribution in [1.29, 1.82) is 0 Å². The van der Waals surface area contributed by atoms with Gasteiger partial charge in [0.05, 0.1) is 5.52 Å². The Labute approximate surface area is 99.9 Å². The van der Waals surface area contributed by atoms with Crippen LogP contribution in [0.25, 0.3) is 10.9 Å². The fraction of sp³-hybridized carbons (Fsp3) is 0.333. The SMILES string of the molecule is CC(C)(C)Nc1ncnc2cc(Cl)ccc12. The minimum absolute atomic E-state index is 0.0269. The Morgan fingerprint density at radius 2 is 1.94 bits per heavy atom. The Balaban J connectivity index is 2.54. The van der Waals surface area contributed by atoms with E-state index >= 15 is 0 Å². The summed E-state index contributed by atoms with van der Waals surface area (Å²) in [5, 5.41) is 5.03. The first-order chi connectivity index (χ1) is 7.46. The van der Waals surface area contributed by atoms with Gasteiger partial charge in [-0.05, 0) is 39.0 Å². The lowest BCUT2D eigenvalue weighted by Crippen LogP contribution is -2.26. The predicted molar refractivity (Wildman–Crippen MR) is 67.9 cm³/mol. The van der Waals surface area contributed by atoms with Crippen LogP contribution in [-0.4, -0.2) is 15.5 Å². The summed E-state index contributed by atoms with van der Waals surface area (Å²) in [6.45, 7) is 6.28. The molecule has 0 radical (unpaired) electrons. The molecule has 1 N–H and O–H groups in total. The number of aromatic nitrogens is 2. The first-order valence-corrected chi connectivity index (χ1v) is 5.52. The molecule has 1 aromatic carbocycles. The van der Waals surface area contributed by atoms with E-state index in [9.17, 15) is 0 Å². The maximum atomic E-state index is 5.92. The van der Waals surface area contributed by atoms with Crippen molar-refractivity contribution in [3.05, 3.63) is 29.5 Å². The van der Waals surface area contributed by atoms with E-state index in [1.54, 1.807) is 6.33 Å². The number of nitrogens with one attached hydrogen (secondary N) is 1. The van der Waals surface area contributed by atoms with Gasteiger partial charge in [0.2, 0.25) is 0 Å². The molecule has 1 aromatic heterocycles. The van der Waals surface area contributed by atoms with Crippen molar-refractivity contribution in [3.8, 4) is 0 Å². The molecule has 0 saturated heterocycles. The van der Waals surface area contributed by atoms with Gasteiger partial charge in [-0.15, -0.1) is 0 Å². The van der Waals surface area contributed by atoms with Crippen molar-refractivity contribution in [2.75, 3.05) is 5.32 Å². The Kier molecular flexibility index (Phi) is 2.72. The Hall–Kier alpha value is -1.35. The normalized spacial score (nSPS) is 11.8. The number of fused-ring (bicyclic) bond motifs is 1. The van der Waals surface area contributed by atoms with Crippen LogP contribution in [0, 0.1) is 0 Å². The molecule has 1 heterocycles. The molecular weight excluding hydrogens is 222 g/mol. The van der Waals surface area contributed by atoms with Crippen molar-refractivity contribution in [1.82, 2.24) is 9.97 Å². The largest absolute Gasteiger partial charge is 0.365 e. The molecular formula is C12H14ClN3. The molecule has 16 heavy (non-hydrogen) atoms. The zero-order chi connectivity index (χ0) is 11.8. The van der Waals surface area contributed by atoms with Crippen molar-refractivity contribution in [2.45, 2.75) is 26.3 Å². The monoisotopic (exact) mass is 235 g/mol. The first kappa shape index (κ1) is 11.1. The van der Waals surface area contributed by atoms with Crippen LogP contribution in [0.3, 0.4) is 0 Å². The molecule has 0 aliphatic heterocycles. The molecule has 4 heteroatoms. The maximum absolute atomic E-state index is 5.92. The van der Waals surface area contributed by atoms with Gasteiger partial charge in [0.25, 0.3) is 0 Å². The van der Waals surface area contributed by atoms with Gasteiger partial charge in [0.15, 0.2) is 0 Å². The smallest absolute Gasteiger partial charge is 0.137 e. The van der Waals surface area contributed by atoms with Crippen LogP contribution in [0.4, 0.5) is 5.82 Å². The standard InChI is InChI=1S/C12H14ClN3/c1-12(2,3)16-11-9-5-4-8(13)6-10(9)14-7-15-11/h4-7H,1-3H3,(H,14,15,16). The number of nitrogens with zero attached hydrogens (tertiary/aromatic N) is 2. The summed E-state index contributed by atoms with van der Waals surface area (Å²) in [6.07, 6.45) is 1.55. The molecule has 0 atom stereocenters. The number of anilines is 1. The summed E-state index contributed by atoms with van der Waals surface area (Å²) in [5.74, 6) is 0.842. The lowest BCUT2D eigenvalue weighted by atomic mass is 10.1. The molecule has 0 amide bonds. The van der Waals surface area contributed by atoms with Crippen molar-refractivity contribution in [2.24, 2.45) is 0 Å². The molecule has 2 aromatic rings. The number of benzene rings is 1. The van der Waals surface area contributed by atoms with E-state index < -0.39 is 0 Å². The van der Waals surface area contributed by atoms with E-state index in [0.717, 1.165) is 16.7 Å². The van der Waals surface area contributed by atoms with E-state index in [2.05, 4.69) is 36.1 Å². The first-order valence-electron chi connectivity index (χ1n) is 5.14. The van der Waals surface area contributed by atoms with E-state index in [1.165, 1.54) is 0 Å². The van der Waals surface area contributed by atoms with Crippen LogP contribution in [0.5, 0.6) is 0 Å². The third kappa shape index (κ3) is 2.42. The summed E-state index contributed by atoms with van der Waals surface area (Å²) in [4.78, 5) is 8.45. The molecule has 0 unspecified atom stereocenters. The van der Waals surface area contributed by atoms with Gasteiger partial charge in [0.1, 0.15) is 12.1 Å². The summed E-state index contributed by atoms with van der Waals surface area (Å²) in [7, 11) is 0. The molecule has 0 aliphatic carbocycles. The zero-order valence-corrected chi connectivity index (χ0v) is 10.3. The highest BCUT2D eigenvalue weighted by atomic mass is 35.5. The second-order valence-electron chi connectivity index (χ2n) is 4.76. The van der Waals surface area contributed by atoms with E-state index in [-0.39, 0.29) is 5.54 Å². The summed E-state index contributed by atoms with van der Waals surface area (Å²) < 4.78 is 0. The van der Waals surface area contributed by atoms with E-state index in [4.69, 9.17) is 11.6 Å². The fourth-order valence-corrected chi connectivity index (χ4v) is 1.65. The lowest BCUT2D eigenvalue weighted by Gasteiger charge is -2.22. The highest BCUT2D eigenvalue weighted by Crippen LogP contribution is 2.24.